The molecule has 2 amide bonds. The van der Waals surface area contributed by atoms with Gasteiger partial charge in [-0.1, -0.05) is 0 Å². The Bertz CT molecular complexity index is 1160. The minimum atomic E-state index is -3.58. The van der Waals surface area contributed by atoms with Gasteiger partial charge < -0.3 is 15.4 Å². The number of nitrogens with zero attached hydrogens (tertiary/aromatic N) is 4. The Morgan fingerprint density at radius 2 is 1.55 bits per heavy atom. The second-order valence-corrected chi connectivity index (χ2v) is 11.6. The van der Waals surface area contributed by atoms with Gasteiger partial charge in [0.15, 0.2) is 18.2 Å². The third-order valence-electron chi connectivity index (χ3n) is 6.55. The van der Waals surface area contributed by atoms with Crippen molar-refractivity contribution >= 4 is 21.8 Å². The van der Waals surface area contributed by atoms with E-state index in [2.05, 4.69) is 4.90 Å². The van der Waals surface area contributed by atoms with Crippen LogP contribution in [0.1, 0.15) is 24.8 Å². The minimum Gasteiger partial charge on any atom is -0.491 e. The summed E-state index contributed by atoms with van der Waals surface area (Å²) < 4.78 is 71.7. The molecular formula is C24H34F3N5O5S. The molecule has 0 radical (unpaired) electrons. The summed E-state index contributed by atoms with van der Waals surface area (Å²) in [6.07, 6.45) is 3.64. The van der Waals surface area contributed by atoms with Gasteiger partial charge in [0.2, 0.25) is 15.9 Å². The van der Waals surface area contributed by atoms with E-state index in [0.29, 0.717) is 12.1 Å². The largest absolute Gasteiger partial charge is 0.491 e. The first-order valence-corrected chi connectivity index (χ1v) is 14.1. The molecule has 0 bridgehead atoms. The Balaban J connectivity index is 1.69. The van der Waals surface area contributed by atoms with Crippen LogP contribution < -0.4 is 5.73 Å². The van der Waals surface area contributed by atoms with Gasteiger partial charge in [-0.05, 0) is 43.5 Å². The number of hydrazine groups is 1. The lowest BCUT2D eigenvalue weighted by atomic mass is 10.0. The van der Waals surface area contributed by atoms with Crippen molar-refractivity contribution in [2.24, 2.45) is 5.73 Å². The van der Waals surface area contributed by atoms with Crippen LogP contribution in [0.15, 0.2) is 24.0 Å². The van der Waals surface area contributed by atoms with Crippen LogP contribution in [-0.2, 0) is 30.8 Å². The van der Waals surface area contributed by atoms with E-state index in [-0.39, 0.29) is 51.2 Å². The van der Waals surface area contributed by atoms with Gasteiger partial charge in [-0.25, -0.2) is 31.6 Å². The van der Waals surface area contributed by atoms with Crippen LogP contribution in [0.2, 0.25) is 0 Å². The molecule has 0 saturated carbocycles. The van der Waals surface area contributed by atoms with Gasteiger partial charge >= 0.3 is 0 Å². The quantitative estimate of drug-likeness (QED) is 0.369. The number of nitrogens with two attached hydrogens (primary N) is 1. The van der Waals surface area contributed by atoms with E-state index in [1.807, 2.05) is 7.05 Å². The molecule has 2 saturated heterocycles. The summed E-state index contributed by atoms with van der Waals surface area (Å²) in [4.78, 5) is 28.4. The van der Waals surface area contributed by atoms with E-state index in [9.17, 15) is 31.2 Å². The number of hydrogen-bond acceptors (Lipinski definition) is 7. The van der Waals surface area contributed by atoms with Crippen LogP contribution >= 0.6 is 0 Å². The van der Waals surface area contributed by atoms with E-state index in [1.165, 1.54) is 4.31 Å². The number of halogens is 3. The molecule has 3 rings (SSSR count). The van der Waals surface area contributed by atoms with E-state index >= 15 is 0 Å². The maximum absolute atomic E-state index is 14.0. The molecule has 0 spiro atoms. The topological polar surface area (TPSA) is 116 Å². The summed E-state index contributed by atoms with van der Waals surface area (Å²) in [5.74, 6) is -4.70. The molecule has 10 nitrogen and oxygen atoms in total. The van der Waals surface area contributed by atoms with E-state index in [0.717, 1.165) is 47.8 Å². The fourth-order valence-electron chi connectivity index (χ4n) is 4.35. The number of piperidine rings is 1. The molecule has 14 heteroatoms. The predicted molar refractivity (Wildman–Crippen MR) is 133 cm³/mol. The third kappa shape index (κ3) is 8.16. The Hall–Kier alpha value is -2.68. The molecule has 1 atom stereocenters. The first-order valence-electron chi connectivity index (χ1n) is 12.3. The molecule has 1 aromatic rings. The number of carbonyl (C=O) groups is 2. The molecule has 1 aromatic carbocycles. The standard InChI is InChI=1S/C24H34F3N5O5S/c1-29-5-3-17(4-6-29)15-37-16-24(34)32-10-8-30(38(2,35)36)7-9-31(32)23(33)13-19(28)11-18-12-21(26)22(27)14-20(18)25/h12,14-15,19H,3-11,13,16,28H2,1-2H3/t19-/m1/s1. The number of ether oxygens (including phenoxy) is 1. The van der Waals surface area contributed by atoms with Crippen LogP contribution in [0.3, 0.4) is 0 Å². The predicted octanol–water partition coefficient (Wildman–Crippen LogP) is 0.837. The maximum atomic E-state index is 14.0. The van der Waals surface area contributed by atoms with Gasteiger partial charge in [0.1, 0.15) is 5.82 Å². The molecule has 0 aromatic heterocycles. The van der Waals surface area contributed by atoms with Crippen molar-refractivity contribution in [3.05, 3.63) is 47.0 Å². The third-order valence-corrected chi connectivity index (χ3v) is 7.86. The number of benzene rings is 1. The Morgan fingerprint density at radius 3 is 2.16 bits per heavy atom. The van der Waals surface area contributed by atoms with Gasteiger partial charge in [0, 0.05) is 44.7 Å². The first kappa shape index (κ1) is 29.9. The second kappa shape index (κ2) is 12.9. The van der Waals surface area contributed by atoms with Crippen LogP contribution in [0.4, 0.5) is 13.2 Å². The number of rotatable bonds is 8. The highest BCUT2D eigenvalue weighted by Gasteiger charge is 2.33. The van der Waals surface area contributed by atoms with Crippen molar-refractivity contribution in [3.63, 3.8) is 0 Å². The van der Waals surface area contributed by atoms with E-state index in [4.69, 9.17) is 10.5 Å². The van der Waals surface area contributed by atoms with Crippen molar-refractivity contribution in [2.45, 2.75) is 31.7 Å². The molecular weight excluding hydrogens is 527 g/mol. The van der Waals surface area contributed by atoms with Crippen molar-refractivity contribution in [3.8, 4) is 0 Å². The average Bonchev–Trinajstić information content (AvgIpc) is 3.07. The van der Waals surface area contributed by atoms with Crippen molar-refractivity contribution in [1.82, 2.24) is 19.2 Å². The Morgan fingerprint density at radius 1 is 0.974 bits per heavy atom. The Kier molecular flexibility index (Phi) is 10.2. The average molecular weight is 562 g/mol. The molecule has 2 N–H and O–H groups in total. The molecule has 0 unspecified atom stereocenters. The van der Waals surface area contributed by atoms with Gasteiger partial charge in [0.25, 0.3) is 5.91 Å². The Labute approximate surface area is 220 Å². The highest BCUT2D eigenvalue weighted by molar-refractivity contribution is 7.88. The maximum Gasteiger partial charge on any atom is 0.279 e. The summed E-state index contributed by atoms with van der Waals surface area (Å²) in [5.41, 5.74) is 6.90. The summed E-state index contributed by atoms with van der Waals surface area (Å²) in [5, 5.41) is 2.27. The fourth-order valence-corrected chi connectivity index (χ4v) is 5.18. The molecule has 38 heavy (non-hydrogen) atoms. The summed E-state index contributed by atoms with van der Waals surface area (Å²) in [6.45, 7) is 1.15. The van der Waals surface area contributed by atoms with Gasteiger partial charge in [-0.3, -0.25) is 9.59 Å². The van der Waals surface area contributed by atoms with Crippen molar-refractivity contribution < 1.29 is 35.9 Å². The van der Waals surface area contributed by atoms with E-state index < -0.39 is 45.3 Å². The smallest absolute Gasteiger partial charge is 0.279 e. The number of sulfonamides is 1. The van der Waals surface area contributed by atoms with Crippen LogP contribution in [-0.4, -0.2) is 105 Å². The highest BCUT2D eigenvalue weighted by Crippen LogP contribution is 2.18. The molecule has 2 aliphatic rings. The number of likely N-dealkylation sites (tertiary alicyclic amines) is 1. The molecule has 0 aliphatic carbocycles. The van der Waals surface area contributed by atoms with Gasteiger partial charge in [-0.2, -0.15) is 4.31 Å². The lowest BCUT2D eigenvalue weighted by Gasteiger charge is -2.33. The van der Waals surface area contributed by atoms with Gasteiger partial charge in [-0.15, -0.1) is 0 Å². The molecule has 212 valence electrons. The van der Waals surface area contributed by atoms with Crippen molar-refractivity contribution in [2.75, 3.05) is 59.2 Å². The van der Waals surface area contributed by atoms with E-state index in [1.54, 1.807) is 6.26 Å². The second-order valence-electron chi connectivity index (χ2n) is 9.61. The first-order chi connectivity index (χ1) is 17.8. The zero-order valence-electron chi connectivity index (χ0n) is 21.5. The lowest BCUT2D eigenvalue weighted by Crippen LogP contribution is -2.52. The molecule has 2 heterocycles. The van der Waals surface area contributed by atoms with Gasteiger partial charge in [0.05, 0.1) is 25.6 Å². The highest BCUT2D eigenvalue weighted by atomic mass is 32.2. The summed E-state index contributed by atoms with van der Waals surface area (Å²) >= 11 is 0. The number of carbonyl (C=O) groups excluding carboxylic acids is 2. The van der Waals surface area contributed by atoms with Crippen LogP contribution in [0, 0.1) is 17.5 Å². The molecule has 2 aliphatic heterocycles. The van der Waals surface area contributed by atoms with Crippen molar-refractivity contribution in [1.29, 1.82) is 0 Å². The normalized spacial score (nSPS) is 18.7. The molecule has 2 fully saturated rings. The number of amides is 2. The fraction of sp³-hybridized carbons (Fsp3) is 0.583. The van der Waals surface area contributed by atoms with Crippen LogP contribution in [0.5, 0.6) is 0 Å². The monoisotopic (exact) mass is 561 g/mol. The number of hydrogen-bond donors (Lipinski definition) is 1. The minimum absolute atomic E-state index is 0.0199. The zero-order chi connectivity index (χ0) is 28.0. The lowest BCUT2D eigenvalue weighted by molar-refractivity contribution is -0.164. The summed E-state index contributed by atoms with van der Waals surface area (Å²) in [6, 6.07) is 0.130. The summed E-state index contributed by atoms with van der Waals surface area (Å²) in [7, 11) is -1.56. The SMILES string of the molecule is CN1CCC(=COCC(=O)N2CCN(S(C)(=O)=O)CCN2C(=O)C[C@H](N)Cc2cc(F)c(F)cc2F)CC1. The zero-order valence-corrected chi connectivity index (χ0v) is 22.4. The van der Waals surface area contributed by atoms with Crippen LogP contribution in [0.25, 0.3) is 0 Å².